The number of pyridine rings is 1. The molecule has 0 bridgehead atoms. The second-order valence-corrected chi connectivity index (χ2v) is 6.19. The Balaban J connectivity index is 1.66. The van der Waals surface area contributed by atoms with E-state index in [2.05, 4.69) is 72.6 Å². The first-order valence-corrected chi connectivity index (χ1v) is 8.66. The van der Waals surface area contributed by atoms with Gasteiger partial charge in [-0.1, -0.05) is 54.6 Å². The maximum atomic E-state index is 4.70. The molecule has 0 fully saturated rings. The molecule has 0 radical (unpaired) electrons. The average Bonchev–Trinajstić information content (AvgIpc) is 3.33. The van der Waals surface area contributed by atoms with Gasteiger partial charge in [-0.05, 0) is 35.8 Å². The minimum atomic E-state index is 0.896. The standard InChI is InChI=1S/C23H20N2/c1-2-17(10-11-20-9-6-14-24-20)21-12-13-23-22(21)15-19(16-25-23)18-7-4-3-5-8-18/h2-8,10-12,14-16H,9,13H2,1H3/b11-10-,17-2+. The first kappa shape index (κ1) is 15.5. The van der Waals surface area contributed by atoms with Crippen molar-refractivity contribution in [3.63, 3.8) is 0 Å². The van der Waals surface area contributed by atoms with Crippen LogP contribution in [0.25, 0.3) is 16.7 Å². The third-order valence-corrected chi connectivity index (χ3v) is 4.62. The maximum absolute atomic E-state index is 4.70. The second-order valence-electron chi connectivity index (χ2n) is 6.19. The molecule has 0 N–H and O–H groups in total. The minimum Gasteiger partial charge on any atom is -0.261 e. The van der Waals surface area contributed by atoms with Gasteiger partial charge in [0.1, 0.15) is 0 Å². The lowest BCUT2D eigenvalue weighted by Gasteiger charge is -2.09. The molecule has 2 heterocycles. The molecule has 1 aromatic heterocycles. The van der Waals surface area contributed by atoms with Crippen LogP contribution in [0, 0.1) is 0 Å². The third kappa shape index (κ3) is 3.16. The molecule has 2 nitrogen and oxygen atoms in total. The summed E-state index contributed by atoms with van der Waals surface area (Å²) in [6.45, 7) is 2.09. The normalized spacial score (nSPS) is 16.3. The van der Waals surface area contributed by atoms with Crippen molar-refractivity contribution < 1.29 is 0 Å². The molecule has 2 aliphatic rings. The van der Waals surface area contributed by atoms with Crippen LogP contribution in [0.1, 0.15) is 24.6 Å². The molecule has 25 heavy (non-hydrogen) atoms. The highest BCUT2D eigenvalue weighted by molar-refractivity contribution is 5.99. The van der Waals surface area contributed by atoms with E-state index in [1.807, 2.05) is 18.5 Å². The Morgan fingerprint density at radius 3 is 2.72 bits per heavy atom. The maximum Gasteiger partial charge on any atom is 0.0520 e. The average molecular weight is 324 g/mol. The van der Waals surface area contributed by atoms with E-state index < -0.39 is 0 Å². The van der Waals surface area contributed by atoms with E-state index in [9.17, 15) is 0 Å². The highest BCUT2D eigenvalue weighted by atomic mass is 14.7. The Labute approximate surface area is 148 Å². The van der Waals surface area contributed by atoms with Crippen LogP contribution in [0.5, 0.6) is 0 Å². The Bertz CT molecular complexity index is 941. The van der Waals surface area contributed by atoms with E-state index >= 15 is 0 Å². The molecule has 1 aliphatic carbocycles. The second kappa shape index (κ2) is 6.86. The molecule has 0 atom stereocenters. The molecule has 0 spiro atoms. The highest BCUT2D eigenvalue weighted by Gasteiger charge is 2.18. The molecular weight excluding hydrogens is 304 g/mol. The van der Waals surface area contributed by atoms with Gasteiger partial charge in [-0.15, -0.1) is 0 Å². The summed E-state index contributed by atoms with van der Waals surface area (Å²) in [6.07, 6.45) is 16.5. The van der Waals surface area contributed by atoms with E-state index in [1.54, 1.807) is 0 Å². The topological polar surface area (TPSA) is 25.2 Å². The van der Waals surface area contributed by atoms with E-state index in [0.717, 1.165) is 29.8 Å². The van der Waals surface area contributed by atoms with Crippen molar-refractivity contribution in [1.29, 1.82) is 0 Å². The van der Waals surface area contributed by atoms with Crippen LogP contribution in [-0.4, -0.2) is 10.7 Å². The van der Waals surface area contributed by atoms with Gasteiger partial charge < -0.3 is 0 Å². The zero-order valence-electron chi connectivity index (χ0n) is 14.3. The van der Waals surface area contributed by atoms with Crippen LogP contribution < -0.4 is 0 Å². The van der Waals surface area contributed by atoms with Crippen molar-refractivity contribution in [2.75, 3.05) is 0 Å². The van der Waals surface area contributed by atoms with Gasteiger partial charge in [-0.2, -0.15) is 0 Å². The number of hydrogen-bond donors (Lipinski definition) is 0. The highest BCUT2D eigenvalue weighted by Crippen LogP contribution is 2.35. The Morgan fingerprint density at radius 2 is 1.96 bits per heavy atom. The van der Waals surface area contributed by atoms with E-state index in [4.69, 9.17) is 4.98 Å². The van der Waals surface area contributed by atoms with Crippen molar-refractivity contribution >= 4 is 11.3 Å². The number of rotatable bonds is 4. The van der Waals surface area contributed by atoms with Crippen LogP contribution in [-0.2, 0) is 6.42 Å². The van der Waals surface area contributed by atoms with Crippen molar-refractivity contribution in [3.05, 3.63) is 96.0 Å². The molecule has 0 amide bonds. The number of benzene rings is 1. The zero-order valence-corrected chi connectivity index (χ0v) is 14.3. The molecule has 4 rings (SSSR count). The Morgan fingerprint density at radius 1 is 1.08 bits per heavy atom. The quantitative estimate of drug-likeness (QED) is 0.677. The summed E-state index contributed by atoms with van der Waals surface area (Å²) in [6, 6.07) is 12.7. The van der Waals surface area contributed by atoms with E-state index in [-0.39, 0.29) is 0 Å². The number of allylic oxidation sites excluding steroid dienone is 7. The molecule has 0 saturated carbocycles. The lowest BCUT2D eigenvalue weighted by molar-refractivity contribution is 1.13. The largest absolute Gasteiger partial charge is 0.261 e. The number of hydrogen-bond acceptors (Lipinski definition) is 2. The van der Waals surface area contributed by atoms with Gasteiger partial charge >= 0.3 is 0 Å². The van der Waals surface area contributed by atoms with Crippen molar-refractivity contribution in [2.24, 2.45) is 4.99 Å². The van der Waals surface area contributed by atoms with Gasteiger partial charge in [0, 0.05) is 42.1 Å². The molecule has 1 aromatic carbocycles. The smallest absolute Gasteiger partial charge is 0.0520 e. The molecule has 2 aromatic rings. The predicted octanol–water partition coefficient (Wildman–Crippen LogP) is 5.55. The summed E-state index contributed by atoms with van der Waals surface area (Å²) in [5.41, 5.74) is 8.36. The summed E-state index contributed by atoms with van der Waals surface area (Å²) >= 11 is 0. The summed E-state index contributed by atoms with van der Waals surface area (Å²) in [5, 5.41) is 0. The zero-order chi connectivity index (χ0) is 17.1. The number of nitrogens with zero attached hydrogens (tertiary/aromatic N) is 2. The Kier molecular flexibility index (Phi) is 4.26. The van der Waals surface area contributed by atoms with Gasteiger partial charge in [-0.3, -0.25) is 9.98 Å². The first-order valence-electron chi connectivity index (χ1n) is 8.66. The summed E-state index contributed by atoms with van der Waals surface area (Å²) < 4.78 is 0. The van der Waals surface area contributed by atoms with E-state index in [1.165, 1.54) is 22.3 Å². The van der Waals surface area contributed by atoms with E-state index in [0.29, 0.717) is 0 Å². The van der Waals surface area contributed by atoms with Crippen LogP contribution in [0.3, 0.4) is 0 Å². The molecule has 1 aliphatic heterocycles. The third-order valence-electron chi connectivity index (χ3n) is 4.62. The van der Waals surface area contributed by atoms with Gasteiger partial charge in [0.15, 0.2) is 0 Å². The van der Waals surface area contributed by atoms with Crippen LogP contribution in [0.2, 0.25) is 0 Å². The fraction of sp³-hybridized carbons (Fsp3) is 0.130. The van der Waals surface area contributed by atoms with Crippen molar-refractivity contribution in [2.45, 2.75) is 19.8 Å². The summed E-state index contributed by atoms with van der Waals surface area (Å²) in [5.74, 6) is 0. The van der Waals surface area contributed by atoms with Crippen molar-refractivity contribution in [3.8, 4) is 11.1 Å². The first-order chi connectivity index (χ1) is 12.3. The van der Waals surface area contributed by atoms with Gasteiger partial charge in [0.25, 0.3) is 0 Å². The molecule has 122 valence electrons. The lowest BCUT2D eigenvalue weighted by Crippen LogP contribution is -1.93. The van der Waals surface area contributed by atoms with Crippen LogP contribution in [0.4, 0.5) is 0 Å². The van der Waals surface area contributed by atoms with Crippen molar-refractivity contribution in [1.82, 2.24) is 4.98 Å². The van der Waals surface area contributed by atoms with Gasteiger partial charge in [0.2, 0.25) is 0 Å². The van der Waals surface area contributed by atoms with Crippen LogP contribution >= 0.6 is 0 Å². The Hall–Kier alpha value is -3.00. The molecule has 0 unspecified atom stereocenters. The minimum absolute atomic E-state index is 0.896. The van der Waals surface area contributed by atoms with Gasteiger partial charge in [-0.25, -0.2) is 0 Å². The number of fused-ring (bicyclic) bond motifs is 1. The monoisotopic (exact) mass is 324 g/mol. The number of aliphatic imine (C=N–C) groups is 1. The molecule has 2 heteroatoms. The lowest BCUT2D eigenvalue weighted by atomic mass is 9.97. The van der Waals surface area contributed by atoms with Gasteiger partial charge in [0.05, 0.1) is 5.69 Å². The molecule has 0 saturated heterocycles. The fourth-order valence-electron chi connectivity index (χ4n) is 3.27. The molecular formula is C23H20N2. The fourth-order valence-corrected chi connectivity index (χ4v) is 3.27. The summed E-state index contributed by atoms with van der Waals surface area (Å²) in [7, 11) is 0. The number of aromatic nitrogens is 1. The predicted molar refractivity (Wildman–Crippen MR) is 105 cm³/mol. The SMILES string of the molecule is C/C=C(\C=C/C1=NC=CC1)C1=CCc2ncc(-c3ccccc3)cc21. The van der Waals surface area contributed by atoms with Crippen LogP contribution in [0.15, 0.2) is 89.7 Å². The summed E-state index contributed by atoms with van der Waals surface area (Å²) in [4.78, 5) is 9.06.